The summed E-state index contributed by atoms with van der Waals surface area (Å²) in [4.78, 5) is 44.0. The number of nitrogens with zero attached hydrogens (tertiary/aromatic N) is 2. The van der Waals surface area contributed by atoms with Crippen molar-refractivity contribution in [2.45, 2.75) is 45.3 Å². The molecule has 0 saturated carbocycles. The Bertz CT molecular complexity index is 752. The van der Waals surface area contributed by atoms with Crippen LogP contribution in [0.5, 0.6) is 0 Å². The van der Waals surface area contributed by atoms with E-state index >= 15 is 0 Å². The van der Waals surface area contributed by atoms with Crippen LogP contribution in [0.2, 0.25) is 0 Å². The van der Waals surface area contributed by atoms with Gasteiger partial charge in [-0.2, -0.15) is 0 Å². The molecule has 0 spiro atoms. The Kier molecular flexibility index (Phi) is 9.67. The van der Waals surface area contributed by atoms with Crippen LogP contribution in [0.1, 0.15) is 27.0 Å². The third kappa shape index (κ3) is 7.22. The summed E-state index contributed by atoms with van der Waals surface area (Å²) in [5.41, 5.74) is -1.51. The lowest BCUT2D eigenvalue weighted by atomic mass is 10.1. The number of H-pyrrole nitrogens is 1. The van der Waals surface area contributed by atoms with Crippen LogP contribution in [-0.2, 0) is 13.8 Å². The second-order valence-corrected chi connectivity index (χ2v) is 7.21. The first-order chi connectivity index (χ1) is 13.0. The molecular weight excluding hydrogens is 397 g/mol. The van der Waals surface area contributed by atoms with Gasteiger partial charge in [0.1, 0.15) is 18.3 Å². The van der Waals surface area contributed by atoms with Gasteiger partial charge >= 0.3 is 13.5 Å². The lowest BCUT2D eigenvalue weighted by Gasteiger charge is -2.16. The summed E-state index contributed by atoms with van der Waals surface area (Å²) >= 11 is 0. The van der Waals surface area contributed by atoms with Crippen LogP contribution in [0, 0.1) is 0 Å². The number of aliphatic hydroxyl groups excluding tert-OH is 2. The maximum atomic E-state index is 11.6. The van der Waals surface area contributed by atoms with E-state index in [1.165, 1.54) is 19.6 Å². The molecule has 0 bridgehead atoms. The summed E-state index contributed by atoms with van der Waals surface area (Å²) in [7, 11) is -4.76. The van der Waals surface area contributed by atoms with Gasteiger partial charge in [0, 0.05) is 12.3 Å². The second kappa shape index (κ2) is 11.0. The van der Waals surface area contributed by atoms with E-state index in [4.69, 9.17) is 14.5 Å². The van der Waals surface area contributed by atoms with Crippen molar-refractivity contribution in [3.05, 3.63) is 33.1 Å². The molecule has 0 aliphatic carbocycles. The van der Waals surface area contributed by atoms with Gasteiger partial charge in [0.05, 0.1) is 6.61 Å². The van der Waals surface area contributed by atoms with Crippen LogP contribution >= 0.6 is 7.82 Å². The van der Waals surface area contributed by atoms with E-state index < -0.39 is 50.2 Å². The second-order valence-electron chi connectivity index (χ2n) is 5.97. The molecule has 0 unspecified atom stereocenters. The smallest absolute Gasteiger partial charge is 0.387 e. The van der Waals surface area contributed by atoms with Gasteiger partial charge in [0.2, 0.25) is 0 Å². The van der Waals surface area contributed by atoms with Gasteiger partial charge in [-0.05, 0) is 19.6 Å². The predicted octanol–water partition coefficient (Wildman–Crippen LogP) is -1.39. The number of rotatable bonds is 7. The quantitative estimate of drug-likeness (QED) is 0.327. The molecule has 1 aromatic rings. The summed E-state index contributed by atoms with van der Waals surface area (Å²) in [6, 6.07) is 1.02. The fourth-order valence-corrected chi connectivity index (χ4v) is 2.91. The number of ether oxygens (including phenoxy) is 1. The maximum absolute atomic E-state index is 11.6. The summed E-state index contributed by atoms with van der Waals surface area (Å²) in [6.45, 7) is 9.44. The van der Waals surface area contributed by atoms with E-state index in [2.05, 4.69) is 30.2 Å². The Morgan fingerprint density at radius 1 is 1.18 bits per heavy atom. The zero-order valence-corrected chi connectivity index (χ0v) is 16.9. The van der Waals surface area contributed by atoms with Gasteiger partial charge in [-0.1, -0.05) is 20.8 Å². The van der Waals surface area contributed by atoms with Gasteiger partial charge in [0.25, 0.3) is 5.56 Å². The van der Waals surface area contributed by atoms with Crippen molar-refractivity contribution in [3.63, 3.8) is 0 Å². The van der Waals surface area contributed by atoms with Gasteiger partial charge in [-0.15, -0.1) is 0 Å². The van der Waals surface area contributed by atoms with E-state index in [0.29, 0.717) is 0 Å². The number of hydrogen-bond donors (Lipinski definition) is 5. The average Bonchev–Trinajstić information content (AvgIpc) is 2.90. The fourth-order valence-electron chi connectivity index (χ4n) is 2.57. The highest BCUT2D eigenvalue weighted by Crippen LogP contribution is 2.38. The number of aromatic nitrogens is 2. The lowest BCUT2D eigenvalue weighted by molar-refractivity contribution is -0.0543. The third-order valence-electron chi connectivity index (χ3n) is 4.21. The maximum Gasteiger partial charge on any atom is 0.469 e. The van der Waals surface area contributed by atoms with Crippen molar-refractivity contribution in [2.24, 2.45) is 0 Å². The van der Waals surface area contributed by atoms with Crippen LogP contribution in [0.15, 0.2) is 21.9 Å². The standard InChI is InChI=1S/C9H13N2O9P.C6H15N/c12-5-1-2-11(9(15)10-5)8-7(14)6(13)4(20-8)3-19-21(16,17)18;1-4-7(5-2)6-3/h1-2,4,6-8,13-14H,3H2,(H,10,12,15)(H2,16,17,18);4-6H2,1-3H3/t4-,6-,7-,8-;/m1./s1. The van der Waals surface area contributed by atoms with Crippen molar-refractivity contribution in [2.75, 3.05) is 26.2 Å². The number of phosphoric acid groups is 1. The number of aliphatic hydroxyl groups is 2. The van der Waals surface area contributed by atoms with Crippen molar-refractivity contribution in [1.82, 2.24) is 14.5 Å². The monoisotopic (exact) mass is 425 g/mol. The summed E-state index contributed by atoms with van der Waals surface area (Å²) in [5, 5.41) is 19.6. The molecule has 1 aromatic heterocycles. The molecule has 1 fully saturated rings. The SMILES string of the molecule is CCN(CC)CC.O=c1ccn([C@@H]2O[C@H](COP(=O)(O)O)[C@@H](O)[C@H]2O)c(=O)[nH]1. The van der Waals surface area contributed by atoms with Crippen molar-refractivity contribution in [1.29, 1.82) is 0 Å². The van der Waals surface area contributed by atoms with E-state index in [1.54, 1.807) is 0 Å². The van der Waals surface area contributed by atoms with E-state index in [1.807, 2.05) is 4.98 Å². The average molecular weight is 425 g/mol. The molecule has 2 heterocycles. The minimum atomic E-state index is -4.76. The zero-order valence-electron chi connectivity index (χ0n) is 16.0. The molecule has 1 aliphatic rings. The molecule has 0 amide bonds. The molecule has 0 aromatic carbocycles. The molecule has 0 radical (unpaired) electrons. The highest BCUT2D eigenvalue weighted by molar-refractivity contribution is 7.46. The highest BCUT2D eigenvalue weighted by atomic mass is 31.2. The fraction of sp³-hybridized carbons (Fsp3) is 0.733. The van der Waals surface area contributed by atoms with Crippen molar-refractivity contribution < 1.29 is 33.8 Å². The van der Waals surface area contributed by atoms with E-state index in [-0.39, 0.29) is 0 Å². The topological polar surface area (TPSA) is 175 Å². The van der Waals surface area contributed by atoms with E-state index in [9.17, 15) is 24.4 Å². The van der Waals surface area contributed by atoms with Crippen LogP contribution in [-0.4, -0.2) is 79.0 Å². The molecule has 1 aliphatic heterocycles. The first-order valence-corrected chi connectivity index (χ1v) is 10.3. The largest absolute Gasteiger partial charge is 0.469 e. The van der Waals surface area contributed by atoms with E-state index in [0.717, 1.165) is 16.8 Å². The van der Waals surface area contributed by atoms with Gasteiger partial charge < -0.3 is 29.6 Å². The zero-order chi connectivity index (χ0) is 21.5. The number of nitrogens with one attached hydrogen (secondary N) is 1. The summed E-state index contributed by atoms with van der Waals surface area (Å²) < 4.78 is 20.8. The number of aromatic amines is 1. The normalized spacial score (nSPS) is 24.9. The molecule has 162 valence electrons. The number of hydrogen-bond acceptors (Lipinski definition) is 8. The van der Waals surface area contributed by atoms with Gasteiger partial charge in [-0.25, -0.2) is 9.36 Å². The first-order valence-electron chi connectivity index (χ1n) is 8.79. The minimum Gasteiger partial charge on any atom is -0.387 e. The van der Waals surface area contributed by atoms with Crippen molar-refractivity contribution >= 4 is 7.82 Å². The van der Waals surface area contributed by atoms with Crippen molar-refractivity contribution in [3.8, 4) is 0 Å². The van der Waals surface area contributed by atoms with Crippen LogP contribution < -0.4 is 11.2 Å². The van der Waals surface area contributed by atoms with Crippen LogP contribution in [0.4, 0.5) is 0 Å². The summed E-state index contributed by atoms with van der Waals surface area (Å²) in [6.07, 6.45) is -4.58. The molecule has 4 atom stereocenters. The molecule has 12 nitrogen and oxygen atoms in total. The molecule has 1 saturated heterocycles. The summed E-state index contributed by atoms with van der Waals surface area (Å²) in [5.74, 6) is 0. The Morgan fingerprint density at radius 3 is 2.18 bits per heavy atom. The predicted molar refractivity (Wildman–Crippen MR) is 98.7 cm³/mol. The van der Waals surface area contributed by atoms with Crippen LogP contribution in [0.25, 0.3) is 0 Å². The Morgan fingerprint density at radius 2 is 1.75 bits per heavy atom. The molecule has 2 rings (SSSR count). The lowest BCUT2D eigenvalue weighted by Crippen LogP contribution is -2.37. The third-order valence-corrected chi connectivity index (χ3v) is 4.70. The molecule has 13 heteroatoms. The molecule has 28 heavy (non-hydrogen) atoms. The molecule has 5 N–H and O–H groups in total. The highest BCUT2D eigenvalue weighted by Gasteiger charge is 2.44. The van der Waals surface area contributed by atoms with Gasteiger partial charge in [-0.3, -0.25) is 18.9 Å². The minimum absolute atomic E-state index is 0.648. The number of phosphoric ester groups is 1. The molecular formula is C15H28N3O9P. The first kappa shape index (κ1) is 24.7. The Balaban J connectivity index is 0.000000480. The Labute approximate surface area is 161 Å². The van der Waals surface area contributed by atoms with Crippen LogP contribution in [0.3, 0.4) is 0 Å². The Hall–Kier alpha value is -1.37. The van der Waals surface area contributed by atoms with Gasteiger partial charge in [0.15, 0.2) is 6.23 Å².